The zero-order valence-electron chi connectivity index (χ0n) is 15.7. The van der Waals surface area contributed by atoms with Gasteiger partial charge in [0.05, 0.1) is 13.2 Å². The fourth-order valence-corrected chi connectivity index (χ4v) is 2.52. The topological polar surface area (TPSA) is 38.8 Å². The van der Waals surface area contributed by atoms with Crippen LogP contribution in [0.4, 0.5) is 4.79 Å². The molecule has 0 aliphatic heterocycles. The van der Waals surface area contributed by atoms with Crippen molar-refractivity contribution < 1.29 is 14.3 Å². The number of methoxy groups -OCH3 is 1. The van der Waals surface area contributed by atoms with E-state index < -0.39 is 5.60 Å². The Morgan fingerprint density at radius 1 is 1.04 bits per heavy atom. The SMILES string of the molecule is COc1ccc(C(C)N(Cc2ccccc2)C(=O)OC(C)(C)C)cc1. The van der Waals surface area contributed by atoms with Crippen molar-refractivity contribution in [2.45, 2.75) is 45.9 Å². The number of ether oxygens (including phenoxy) is 2. The van der Waals surface area contributed by atoms with Crippen LogP contribution in [0.25, 0.3) is 0 Å². The van der Waals surface area contributed by atoms with Gasteiger partial charge in [0.25, 0.3) is 0 Å². The lowest BCUT2D eigenvalue weighted by Crippen LogP contribution is -2.38. The van der Waals surface area contributed by atoms with Crippen LogP contribution in [0.2, 0.25) is 0 Å². The van der Waals surface area contributed by atoms with E-state index in [-0.39, 0.29) is 12.1 Å². The van der Waals surface area contributed by atoms with E-state index in [9.17, 15) is 4.79 Å². The van der Waals surface area contributed by atoms with Crippen LogP contribution in [0.5, 0.6) is 5.75 Å². The third kappa shape index (κ3) is 5.52. The van der Waals surface area contributed by atoms with Crippen LogP contribution in [0, 0.1) is 0 Å². The maximum absolute atomic E-state index is 12.8. The predicted octanol–water partition coefficient (Wildman–Crippen LogP) is 5.19. The Bertz CT molecular complexity index is 675. The van der Waals surface area contributed by atoms with E-state index >= 15 is 0 Å². The highest BCUT2D eigenvalue weighted by molar-refractivity contribution is 5.69. The van der Waals surface area contributed by atoms with E-state index in [0.717, 1.165) is 16.9 Å². The summed E-state index contributed by atoms with van der Waals surface area (Å²) < 4.78 is 10.8. The van der Waals surface area contributed by atoms with E-state index in [0.29, 0.717) is 6.54 Å². The standard InChI is InChI=1S/C21H27NO3/c1-16(18-11-13-19(24-5)14-12-18)22(20(23)25-21(2,3)4)15-17-9-7-6-8-10-17/h6-14,16H,15H2,1-5H3. The zero-order valence-corrected chi connectivity index (χ0v) is 15.7. The first-order chi connectivity index (χ1) is 11.8. The minimum absolute atomic E-state index is 0.124. The molecule has 1 unspecified atom stereocenters. The van der Waals surface area contributed by atoms with Gasteiger partial charge in [-0.05, 0) is 51.0 Å². The van der Waals surface area contributed by atoms with E-state index in [1.165, 1.54) is 0 Å². The molecule has 0 N–H and O–H groups in total. The Morgan fingerprint density at radius 2 is 1.64 bits per heavy atom. The summed E-state index contributed by atoms with van der Waals surface area (Å²) in [5.74, 6) is 0.794. The van der Waals surface area contributed by atoms with Gasteiger partial charge in [-0.1, -0.05) is 42.5 Å². The number of rotatable bonds is 5. The molecule has 4 heteroatoms. The Kier molecular flexibility index (Phi) is 6.07. The van der Waals surface area contributed by atoms with Crippen molar-refractivity contribution in [1.82, 2.24) is 4.90 Å². The first-order valence-electron chi connectivity index (χ1n) is 8.47. The minimum atomic E-state index is -0.536. The van der Waals surface area contributed by atoms with Crippen molar-refractivity contribution in [2.24, 2.45) is 0 Å². The molecule has 0 heterocycles. The molecule has 0 saturated heterocycles. The maximum atomic E-state index is 12.8. The van der Waals surface area contributed by atoms with Crippen molar-refractivity contribution in [3.8, 4) is 5.75 Å². The predicted molar refractivity (Wildman–Crippen MR) is 99.6 cm³/mol. The Hall–Kier alpha value is -2.49. The lowest BCUT2D eigenvalue weighted by molar-refractivity contribution is 0.0153. The minimum Gasteiger partial charge on any atom is -0.497 e. The zero-order chi connectivity index (χ0) is 18.4. The third-order valence-electron chi connectivity index (χ3n) is 3.89. The highest BCUT2D eigenvalue weighted by Gasteiger charge is 2.27. The fourth-order valence-electron chi connectivity index (χ4n) is 2.52. The van der Waals surface area contributed by atoms with Gasteiger partial charge in [0.1, 0.15) is 11.4 Å². The van der Waals surface area contributed by atoms with Crippen LogP contribution in [0.3, 0.4) is 0 Å². The summed E-state index contributed by atoms with van der Waals surface area (Å²) in [6.45, 7) is 8.13. The van der Waals surface area contributed by atoms with E-state index in [1.807, 2.05) is 82.3 Å². The molecule has 2 aromatic rings. The quantitative estimate of drug-likeness (QED) is 0.751. The second-order valence-corrected chi connectivity index (χ2v) is 7.04. The molecule has 25 heavy (non-hydrogen) atoms. The lowest BCUT2D eigenvalue weighted by Gasteiger charge is -2.32. The molecule has 4 nitrogen and oxygen atoms in total. The molecule has 0 spiro atoms. The number of benzene rings is 2. The number of hydrogen-bond donors (Lipinski definition) is 0. The van der Waals surface area contributed by atoms with Gasteiger partial charge in [0.15, 0.2) is 0 Å². The van der Waals surface area contributed by atoms with Crippen molar-refractivity contribution in [3.63, 3.8) is 0 Å². The molecular weight excluding hydrogens is 314 g/mol. The molecule has 1 atom stereocenters. The van der Waals surface area contributed by atoms with Gasteiger partial charge in [-0.25, -0.2) is 4.79 Å². The summed E-state index contributed by atoms with van der Waals surface area (Å²) in [5, 5.41) is 0. The highest BCUT2D eigenvalue weighted by atomic mass is 16.6. The van der Waals surface area contributed by atoms with E-state index in [4.69, 9.17) is 9.47 Å². The monoisotopic (exact) mass is 341 g/mol. The Balaban J connectivity index is 2.26. The number of carbonyl (C=O) groups excluding carboxylic acids is 1. The van der Waals surface area contributed by atoms with Crippen molar-refractivity contribution in [3.05, 3.63) is 65.7 Å². The molecule has 0 radical (unpaired) electrons. The lowest BCUT2D eigenvalue weighted by atomic mass is 10.1. The summed E-state index contributed by atoms with van der Waals surface area (Å²) in [5.41, 5.74) is 1.56. The van der Waals surface area contributed by atoms with E-state index in [2.05, 4.69) is 0 Å². The normalized spacial score (nSPS) is 12.4. The molecule has 0 aliphatic rings. The highest BCUT2D eigenvalue weighted by Crippen LogP contribution is 2.26. The first kappa shape index (κ1) is 18.8. The van der Waals surface area contributed by atoms with Crippen LogP contribution in [0.1, 0.15) is 44.9 Å². The van der Waals surface area contributed by atoms with Crippen molar-refractivity contribution >= 4 is 6.09 Å². The van der Waals surface area contributed by atoms with Gasteiger partial charge in [-0.15, -0.1) is 0 Å². The van der Waals surface area contributed by atoms with Gasteiger partial charge in [0, 0.05) is 6.54 Å². The molecule has 0 bridgehead atoms. The molecule has 1 amide bonds. The summed E-state index contributed by atoms with van der Waals surface area (Å²) in [4.78, 5) is 14.5. The van der Waals surface area contributed by atoms with Crippen molar-refractivity contribution in [2.75, 3.05) is 7.11 Å². The molecule has 0 aliphatic carbocycles. The molecule has 2 aromatic carbocycles. The van der Waals surface area contributed by atoms with Crippen LogP contribution in [-0.4, -0.2) is 23.7 Å². The summed E-state index contributed by atoms with van der Waals surface area (Å²) >= 11 is 0. The smallest absolute Gasteiger partial charge is 0.411 e. The number of hydrogen-bond acceptors (Lipinski definition) is 3. The molecule has 0 aromatic heterocycles. The first-order valence-corrected chi connectivity index (χ1v) is 8.47. The summed E-state index contributed by atoms with van der Waals surface area (Å²) in [7, 11) is 1.64. The second-order valence-electron chi connectivity index (χ2n) is 7.04. The maximum Gasteiger partial charge on any atom is 0.411 e. The second kappa shape index (κ2) is 8.06. The van der Waals surface area contributed by atoms with E-state index in [1.54, 1.807) is 12.0 Å². The third-order valence-corrected chi connectivity index (χ3v) is 3.89. The average molecular weight is 341 g/mol. The Morgan fingerprint density at radius 3 is 2.16 bits per heavy atom. The molecule has 2 rings (SSSR count). The number of carbonyl (C=O) groups is 1. The van der Waals surface area contributed by atoms with Crippen LogP contribution in [0.15, 0.2) is 54.6 Å². The molecular formula is C21H27NO3. The number of amides is 1. The van der Waals surface area contributed by atoms with Gasteiger partial charge < -0.3 is 9.47 Å². The van der Waals surface area contributed by atoms with Crippen LogP contribution >= 0.6 is 0 Å². The van der Waals surface area contributed by atoms with Crippen LogP contribution in [-0.2, 0) is 11.3 Å². The summed E-state index contributed by atoms with van der Waals surface area (Å²) in [6.07, 6.45) is -0.320. The van der Waals surface area contributed by atoms with Gasteiger partial charge in [0.2, 0.25) is 0 Å². The van der Waals surface area contributed by atoms with Crippen LogP contribution < -0.4 is 4.74 Å². The van der Waals surface area contributed by atoms with Crippen molar-refractivity contribution in [1.29, 1.82) is 0 Å². The average Bonchev–Trinajstić information content (AvgIpc) is 2.58. The fraction of sp³-hybridized carbons (Fsp3) is 0.381. The molecule has 0 fully saturated rings. The van der Waals surface area contributed by atoms with Gasteiger partial charge in [-0.2, -0.15) is 0 Å². The molecule has 0 saturated carbocycles. The van der Waals surface area contributed by atoms with Gasteiger partial charge >= 0.3 is 6.09 Å². The Labute approximate surface area is 150 Å². The number of nitrogens with zero attached hydrogens (tertiary/aromatic N) is 1. The largest absolute Gasteiger partial charge is 0.497 e. The van der Waals surface area contributed by atoms with Gasteiger partial charge in [-0.3, -0.25) is 4.90 Å². The molecule has 134 valence electrons. The summed E-state index contributed by atoms with van der Waals surface area (Å²) in [6, 6.07) is 17.6.